The quantitative estimate of drug-likeness (QED) is 0.713. The lowest BCUT2D eigenvalue weighted by Crippen LogP contribution is -2.15. The van der Waals surface area contributed by atoms with Crippen molar-refractivity contribution in [2.24, 2.45) is 0 Å². The van der Waals surface area contributed by atoms with Crippen LogP contribution >= 0.6 is 11.6 Å². The molecule has 2 aromatic heterocycles. The van der Waals surface area contributed by atoms with Crippen LogP contribution < -0.4 is 4.72 Å². The lowest BCUT2D eigenvalue weighted by molar-refractivity contribution is 0.598. The van der Waals surface area contributed by atoms with Crippen LogP contribution in [-0.4, -0.2) is 28.0 Å². The molecule has 0 fully saturated rings. The first-order valence-electron chi connectivity index (χ1n) is 7.72. The van der Waals surface area contributed by atoms with E-state index < -0.39 is 10.0 Å². The second kappa shape index (κ2) is 6.89. The lowest BCUT2D eigenvalue weighted by Gasteiger charge is -2.06. The highest BCUT2D eigenvalue weighted by molar-refractivity contribution is 7.92. The van der Waals surface area contributed by atoms with E-state index in [1.165, 1.54) is 6.20 Å². The van der Waals surface area contributed by atoms with Gasteiger partial charge in [-0.3, -0.25) is 14.1 Å². The third-order valence-electron chi connectivity index (χ3n) is 3.78. The third kappa shape index (κ3) is 3.85. The Balaban J connectivity index is 1.76. The van der Waals surface area contributed by atoms with E-state index in [2.05, 4.69) is 14.9 Å². The van der Waals surface area contributed by atoms with Crippen molar-refractivity contribution in [3.8, 4) is 0 Å². The molecule has 0 saturated heterocycles. The van der Waals surface area contributed by atoms with Crippen LogP contribution in [0, 0.1) is 6.92 Å². The van der Waals surface area contributed by atoms with Crippen LogP contribution in [0.5, 0.6) is 0 Å². The Labute approximate surface area is 151 Å². The molecular formula is C16H18ClN5O2S. The van der Waals surface area contributed by atoms with Crippen LogP contribution in [0.4, 0.5) is 5.82 Å². The zero-order chi connectivity index (χ0) is 18.0. The maximum atomic E-state index is 12.5. The molecule has 0 atom stereocenters. The minimum absolute atomic E-state index is 0.154. The number of hydrogen-bond acceptors (Lipinski definition) is 4. The molecule has 0 saturated carbocycles. The molecule has 9 heteroatoms. The van der Waals surface area contributed by atoms with Gasteiger partial charge >= 0.3 is 0 Å². The Bertz CT molecular complexity index is 976. The predicted octanol–water partition coefficient (Wildman–Crippen LogP) is 2.91. The SMILES string of the molecule is CCn1ncc(S(=O)(=O)Nc2ccn(Cc3ccc(Cl)cc3)n2)c1C. The summed E-state index contributed by atoms with van der Waals surface area (Å²) < 4.78 is 30.8. The van der Waals surface area contributed by atoms with Gasteiger partial charge < -0.3 is 0 Å². The molecule has 7 nitrogen and oxygen atoms in total. The molecule has 0 aliphatic rings. The second-order valence-corrected chi connectivity index (χ2v) is 7.63. The number of anilines is 1. The maximum absolute atomic E-state index is 12.5. The van der Waals surface area contributed by atoms with Crippen LogP contribution in [0.1, 0.15) is 18.2 Å². The maximum Gasteiger partial charge on any atom is 0.266 e. The number of sulfonamides is 1. The van der Waals surface area contributed by atoms with E-state index in [4.69, 9.17) is 11.6 Å². The highest BCUT2D eigenvalue weighted by Gasteiger charge is 2.21. The molecule has 2 heterocycles. The summed E-state index contributed by atoms with van der Waals surface area (Å²) in [5.41, 5.74) is 1.61. The normalized spacial score (nSPS) is 11.6. The smallest absolute Gasteiger partial charge is 0.266 e. The molecule has 0 radical (unpaired) electrons. The Morgan fingerprint density at radius 2 is 1.92 bits per heavy atom. The number of aryl methyl sites for hydroxylation is 1. The average molecular weight is 380 g/mol. The molecule has 25 heavy (non-hydrogen) atoms. The summed E-state index contributed by atoms with van der Waals surface area (Å²) in [6.07, 6.45) is 3.07. The van der Waals surface area contributed by atoms with Gasteiger partial charge in [0, 0.05) is 23.8 Å². The second-order valence-electron chi connectivity index (χ2n) is 5.54. The van der Waals surface area contributed by atoms with Crippen LogP contribution in [0.3, 0.4) is 0 Å². The topological polar surface area (TPSA) is 81.8 Å². The Kier molecular flexibility index (Phi) is 4.82. The Morgan fingerprint density at radius 1 is 1.20 bits per heavy atom. The van der Waals surface area contributed by atoms with Gasteiger partial charge in [0.1, 0.15) is 4.90 Å². The van der Waals surface area contributed by atoms with Crippen molar-refractivity contribution in [1.29, 1.82) is 0 Å². The van der Waals surface area contributed by atoms with Crippen molar-refractivity contribution < 1.29 is 8.42 Å². The minimum atomic E-state index is -3.73. The molecule has 0 bridgehead atoms. The number of aromatic nitrogens is 4. The highest BCUT2D eigenvalue weighted by Crippen LogP contribution is 2.18. The van der Waals surface area contributed by atoms with Crippen LogP contribution in [0.2, 0.25) is 5.02 Å². The molecule has 0 amide bonds. The van der Waals surface area contributed by atoms with E-state index in [-0.39, 0.29) is 10.7 Å². The van der Waals surface area contributed by atoms with Gasteiger partial charge in [0.25, 0.3) is 10.0 Å². The first kappa shape index (κ1) is 17.5. The molecule has 0 unspecified atom stereocenters. The van der Waals surface area contributed by atoms with Gasteiger partial charge in [0.05, 0.1) is 18.4 Å². The zero-order valence-corrected chi connectivity index (χ0v) is 15.4. The van der Waals surface area contributed by atoms with Crippen molar-refractivity contribution in [3.05, 3.63) is 59.0 Å². The molecule has 1 N–H and O–H groups in total. The number of benzene rings is 1. The molecule has 3 rings (SSSR count). The number of halogens is 1. The zero-order valence-electron chi connectivity index (χ0n) is 13.8. The van der Waals surface area contributed by atoms with Gasteiger partial charge in [-0.1, -0.05) is 23.7 Å². The number of hydrogen-bond donors (Lipinski definition) is 1. The summed E-state index contributed by atoms with van der Waals surface area (Å²) in [7, 11) is -3.73. The minimum Gasteiger partial charge on any atom is -0.269 e. The summed E-state index contributed by atoms with van der Waals surface area (Å²) in [5.74, 6) is 0.262. The van der Waals surface area contributed by atoms with E-state index >= 15 is 0 Å². The fourth-order valence-electron chi connectivity index (χ4n) is 2.49. The first-order chi connectivity index (χ1) is 11.9. The van der Waals surface area contributed by atoms with Gasteiger partial charge in [-0.05, 0) is 31.5 Å². The summed E-state index contributed by atoms with van der Waals surface area (Å²) >= 11 is 5.87. The van der Waals surface area contributed by atoms with Crippen molar-refractivity contribution in [1.82, 2.24) is 19.6 Å². The average Bonchev–Trinajstić information content (AvgIpc) is 3.15. The predicted molar refractivity (Wildman–Crippen MR) is 96.2 cm³/mol. The van der Waals surface area contributed by atoms with E-state index in [1.54, 1.807) is 40.7 Å². The van der Waals surface area contributed by atoms with Gasteiger partial charge in [-0.2, -0.15) is 10.2 Å². The molecular weight excluding hydrogens is 362 g/mol. The third-order valence-corrected chi connectivity index (χ3v) is 5.49. The Morgan fingerprint density at radius 3 is 2.56 bits per heavy atom. The molecule has 132 valence electrons. The number of nitrogens with zero attached hydrogens (tertiary/aromatic N) is 4. The van der Waals surface area contributed by atoms with Crippen molar-refractivity contribution >= 4 is 27.4 Å². The van der Waals surface area contributed by atoms with Crippen molar-refractivity contribution in [3.63, 3.8) is 0 Å². The summed E-state index contributed by atoms with van der Waals surface area (Å²) in [6, 6.07) is 9.02. The Hall–Kier alpha value is -2.32. The van der Waals surface area contributed by atoms with E-state index in [0.717, 1.165) is 5.56 Å². The lowest BCUT2D eigenvalue weighted by atomic mass is 10.2. The monoisotopic (exact) mass is 379 g/mol. The van der Waals surface area contributed by atoms with Crippen molar-refractivity contribution in [2.75, 3.05) is 4.72 Å². The molecule has 0 aliphatic heterocycles. The van der Waals surface area contributed by atoms with Gasteiger partial charge in [-0.25, -0.2) is 8.42 Å². The van der Waals surface area contributed by atoms with Gasteiger partial charge in [0.15, 0.2) is 5.82 Å². The summed E-state index contributed by atoms with van der Waals surface area (Å²) in [5, 5.41) is 9.00. The van der Waals surface area contributed by atoms with Crippen LogP contribution in [0.25, 0.3) is 0 Å². The summed E-state index contributed by atoms with van der Waals surface area (Å²) in [6.45, 7) is 4.76. The summed E-state index contributed by atoms with van der Waals surface area (Å²) in [4.78, 5) is 0.154. The van der Waals surface area contributed by atoms with Crippen molar-refractivity contribution in [2.45, 2.75) is 31.8 Å². The number of rotatable bonds is 6. The standard InChI is InChI=1S/C16H18ClN5O2S/c1-3-22-12(2)15(10-18-22)25(23,24)20-16-8-9-21(19-16)11-13-4-6-14(17)7-5-13/h4-10H,3,11H2,1-2H3,(H,19,20). The molecule has 1 aromatic carbocycles. The van der Waals surface area contributed by atoms with Gasteiger partial charge in [-0.15, -0.1) is 0 Å². The van der Waals surface area contributed by atoms with E-state index in [9.17, 15) is 8.42 Å². The molecule has 3 aromatic rings. The molecule has 0 aliphatic carbocycles. The van der Waals surface area contributed by atoms with Gasteiger partial charge in [0.2, 0.25) is 0 Å². The molecule has 0 spiro atoms. The van der Waals surface area contributed by atoms with E-state index in [1.807, 2.05) is 19.1 Å². The fourth-order valence-corrected chi connectivity index (χ4v) is 3.79. The van der Waals surface area contributed by atoms with Crippen LogP contribution in [-0.2, 0) is 23.1 Å². The first-order valence-corrected chi connectivity index (χ1v) is 9.58. The number of nitrogens with one attached hydrogen (secondary N) is 1. The fraction of sp³-hybridized carbons (Fsp3) is 0.250. The van der Waals surface area contributed by atoms with Crippen LogP contribution in [0.15, 0.2) is 47.6 Å². The highest BCUT2D eigenvalue weighted by atomic mass is 35.5. The van der Waals surface area contributed by atoms with E-state index in [0.29, 0.717) is 23.8 Å². The largest absolute Gasteiger partial charge is 0.269 e.